The number of rotatable bonds is 8. The predicted octanol–water partition coefficient (Wildman–Crippen LogP) is 2.20. The Balaban J connectivity index is 0.000000469. The van der Waals surface area contributed by atoms with Gasteiger partial charge in [-0.15, -0.1) is 0 Å². The number of para-hydroxylation sites is 4. The summed E-state index contributed by atoms with van der Waals surface area (Å²) < 4.78 is 13.0. The first-order chi connectivity index (χ1) is 14.4. The largest absolute Gasteiger partial charge is 0.484 e. The number of fused-ring (bicyclic) bond motifs is 1. The van der Waals surface area contributed by atoms with E-state index in [1.165, 1.54) is 6.07 Å². The molecule has 1 heterocycles. The molecule has 0 aliphatic carbocycles. The van der Waals surface area contributed by atoms with Crippen LogP contribution >= 0.6 is 0 Å². The van der Waals surface area contributed by atoms with Gasteiger partial charge in [0.2, 0.25) is 0 Å². The molecule has 0 saturated heterocycles. The zero-order chi connectivity index (χ0) is 21.9. The zero-order valence-corrected chi connectivity index (χ0v) is 15.7. The molecule has 0 unspecified atom stereocenters. The summed E-state index contributed by atoms with van der Waals surface area (Å²) in [6.45, 7) is 1.82. The van der Waals surface area contributed by atoms with E-state index in [9.17, 15) is 10.1 Å². The van der Waals surface area contributed by atoms with Gasteiger partial charge >= 0.3 is 17.6 Å². The fourth-order valence-electron chi connectivity index (χ4n) is 2.39. The van der Waals surface area contributed by atoms with Crippen LogP contribution in [0.15, 0.2) is 54.9 Å². The van der Waals surface area contributed by atoms with Crippen molar-refractivity contribution in [1.82, 2.24) is 9.55 Å². The van der Waals surface area contributed by atoms with Gasteiger partial charge in [-0.05, 0) is 18.2 Å². The molecule has 0 radical (unpaired) electrons. The lowest BCUT2D eigenvalue weighted by Crippen LogP contribution is -2.11. The van der Waals surface area contributed by atoms with Crippen molar-refractivity contribution in [2.45, 2.75) is 6.54 Å². The second-order valence-electron chi connectivity index (χ2n) is 5.72. The quantitative estimate of drug-likeness (QED) is 0.243. The Morgan fingerprint density at radius 2 is 1.67 bits per heavy atom. The van der Waals surface area contributed by atoms with Crippen LogP contribution in [0.2, 0.25) is 0 Å². The standard InChI is InChI=1S/C17H17N3O4.C2H2O4/c21-20(22)16-7-3-4-8-17(16)24-12-11-23-10-9-19-13-18-14-5-1-2-6-15(14)19;3-1(4)2(5)6/h1-8,13H,9-12H2;(H,3,4)(H,5,6). The number of nitrogens with zero attached hydrogens (tertiary/aromatic N) is 3. The fraction of sp³-hybridized carbons (Fsp3) is 0.211. The van der Waals surface area contributed by atoms with E-state index in [1.807, 2.05) is 28.8 Å². The number of aromatic nitrogens is 2. The van der Waals surface area contributed by atoms with Gasteiger partial charge in [-0.1, -0.05) is 24.3 Å². The summed E-state index contributed by atoms with van der Waals surface area (Å²) in [5, 5.41) is 25.7. The first kappa shape index (κ1) is 22.3. The maximum atomic E-state index is 10.9. The highest BCUT2D eigenvalue weighted by molar-refractivity contribution is 6.27. The molecule has 0 bridgehead atoms. The minimum atomic E-state index is -1.82. The Kier molecular flexibility index (Phi) is 8.27. The van der Waals surface area contributed by atoms with Crippen molar-refractivity contribution in [3.05, 3.63) is 65.0 Å². The van der Waals surface area contributed by atoms with Gasteiger partial charge in [0.15, 0.2) is 5.75 Å². The lowest BCUT2D eigenvalue weighted by atomic mass is 10.3. The van der Waals surface area contributed by atoms with Gasteiger partial charge in [-0.3, -0.25) is 10.1 Å². The van der Waals surface area contributed by atoms with Crippen LogP contribution in [0.25, 0.3) is 11.0 Å². The lowest BCUT2D eigenvalue weighted by molar-refractivity contribution is -0.385. The molecular weight excluding hydrogens is 398 g/mol. The third kappa shape index (κ3) is 6.56. The van der Waals surface area contributed by atoms with E-state index in [0.29, 0.717) is 19.8 Å². The average Bonchev–Trinajstić information content (AvgIpc) is 3.14. The summed E-state index contributed by atoms with van der Waals surface area (Å²) in [6.07, 6.45) is 1.79. The van der Waals surface area contributed by atoms with E-state index >= 15 is 0 Å². The summed E-state index contributed by atoms with van der Waals surface area (Å²) in [5.74, 6) is -3.39. The van der Waals surface area contributed by atoms with E-state index in [4.69, 9.17) is 29.3 Å². The monoisotopic (exact) mass is 417 g/mol. The minimum absolute atomic E-state index is 0.0395. The molecule has 2 aromatic carbocycles. The molecule has 0 aliphatic rings. The third-order valence-corrected chi connectivity index (χ3v) is 3.73. The Morgan fingerprint density at radius 1 is 1.00 bits per heavy atom. The predicted molar refractivity (Wildman–Crippen MR) is 104 cm³/mol. The van der Waals surface area contributed by atoms with Crippen molar-refractivity contribution in [3.8, 4) is 5.75 Å². The molecule has 30 heavy (non-hydrogen) atoms. The molecule has 0 aliphatic heterocycles. The number of hydrogen-bond acceptors (Lipinski definition) is 7. The summed E-state index contributed by atoms with van der Waals surface area (Å²) in [7, 11) is 0. The van der Waals surface area contributed by atoms with Gasteiger partial charge in [-0.25, -0.2) is 14.6 Å². The van der Waals surface area contributed by atoms with Gasteiger partial charge in [0, 0.05) is 12.6 Å². The average molecular weight is 417 g/mol. The van der Waals surface area contributed by atoms with Crippen LogP contribution in [-0.4, -0.2) is 56.4 Å². The second-order valence-corrected chi connectivity index (χ2v) is 5.72. The Labute approximate surface area is 170 Å². The number of imidazole rings is 1. The normalized spacial score (nSPS) is 10.1. The van der Waals surface area contributed by atoms with Crippen molar-refractivity contribution in [2.24, 2.45) is 0 Å². The molecule has 0 saturated carbocycles. The van der Waals surface area contributed by atoms with Crippen molar-refractivity contribution >= 4 is 28.7 Å². The highest BCUT2D eigenvalue weighted by atomic mass is 16.6. The molecule has 0 spiro atoms. The number of carbonyl (C=O) groups is 2. The lowest BCUT2D eigenvalue weighted by Gasteiger charge is -2.08. The van der Waals surface area contributed by atoms with E-state index in [1.54, 1.807) is 24.5 Å². The van der Waals surface area contributed by atoms with Gasteiger partial charge < -0.3 is 24.3 Å². The van der Waals surface area contributed by atoms with Crippen LogP contribution in [0.5, 0.6) is 5.75 Å². The molecule has 11 heteroatoms. The summed E-state index contributed by atoms with van der Waals surface area (Å²) >= 11 is 0. The van der Waals surface area contributed by atoms with E-state index in [0.717, 1.165) is 11.0 Å². The number of hydrogen-bond donors (Lipinski definition) is 2. The highest BCUT2D eigenvalue weighted by Gasteiger charge is 2.13. The number of nitro groups is 1. The smallest absolute Gasteiger partial charge is 0.414 e. The molecule has 2 N–H and O–H groups in total. The number of nitro benzene ring substituents is 1. The fourth-order valence-corrected chi connectivity index (χ4v) is 2.39. The molecule has 158 valence electrons. The number of benzene rings is 2. The topological polar surface area (TPSA) is 154 Å². The molecule has 0 fully saturated rings. The summed E-state index contributed by atoms with van der Waals surface area (Å²) in [6, 6.07) is 14.2. The Bertz CT molecular complexity index is 1010. The van der Waals surface area contributed by atoms with Crippen molar-refractivity contribution in [1.29, 1.82) is 0 Å². The van der Waals surface area contributed by atoms with Crippen LogP contribution in [0.3, 0.4) is 0 Å². The zero-order valence-electron chi connectivity index (χ0n) is 15.7. The van der Waals surface area contributed by atoms with Gasteiger partial charge in [0.05, 0.1) is 35.5 Å². The molecule has 0 amide bonds. The minimum Gasteiger partial charge on any atom is -0.484 e. The van der Waals surface area contributed by atoms with Crippen LogP contribution in [0.4, 0.5) is 5.69 Å². The highest BCUT2D eigenvalue weighted by Crippen LogP contribution is 2.25. The van der Waals surface area contributed by atoms with Crippen LogP contribution < -0.4 is 4.74 Å². The maximum absolute atomic E-state index is 10.9. The first-order valence-electron chi connectivity index (χ1n) is 8.70. The van der Waals surface area contributed by atoms with Crippen molar-refractivity contribution in [3.63, 3.8) is 0 Å². The van der Waals surface area contributed by atoms with Gasteiger partial charge in [-0.2, -0.15) is 0 Å². The van der Waals surface area contributed by atoms with Gasteiger partial charge in [0.1, 0.15) is 6.61 Å². The number of carboxylic acids is 2. The Morgan fingerprint density at radius 3 is 2.37 bits per heavy atom. The second kappa shape index (κ2) is 11.1. The third-order valence-electron chi connectivity index (χ3n) is 3.73. The van der Waals surface area contributed by atoms with E-state index < -0.39 is 16.9 Å². The Hall–Kier alpha value is -3.99. The molecular formula is C19H19N3O8. The summed E-state index contributed by atoms with van der Waals surface area (Å²) in [5.41, 5.74) is 1.98. The molecule has 11 nitrogen and oxygen atoms in total. The first-order valence-corrected chi connectivity index (χ1v) is 8.70. The molecule has 3 rings (SSSR count). The number of aliphatic carboxylic acids is 2. The molecule has 3 aromatic rings. The van der Waals surface area contributed by atoms with Crippen LogP contribution in [0.1, 0.15) is 0 Å². The van der Waals surface area contributed by atoms with E-state index in [2.05, 4.69) is 4.98 Å². The van der Waals surface area contributed by atoms with E-state index in [-0.39, 0.29) is 18.0 Å². The SMILES string of the molecule is O=C(O)C(=O)O.O=[N+]([O-])c1ccccc1OCCOCCn1cnc2ccccc21. The number of carboxylic acid groups (broad SMARTS) is 2. The van der Waals surface area contributed by atoms with Crippen molar-refractivity contribution in [2.75, 3.05) is 19.8 Å². The van der Waals surface area contributed by atoms with Crippen LogP contribution in [0, 0.1) is 10.1 Å². The van der Waals surface area contributed by atoms with Crippen molar-refractivity contribution < 1.29 is 34.2 Å². The molecule has 1 aromatic heterocycles. The van der Waals surface area contributed by atoms with Gasteiger partial charge in [0.25, 0.3) is 0 Å². The summed E-state index contributed by atoms with van der Waals surface area (Å²) in [4.78, 5) is 32.9. The molecule has 0 atom stereocenters. The maximum Gasteiger partial charge on any atom is 0.414 e. The van der Waals surface area contributed by atoms with Crippen LogP contribution in [-0.2, 0) is 20.9 Å². The number of ether oxygens (including phenoxy) is 2.